The van der Waals surface area contributed by atoms with Gasteiger partial charge in [0.2, 0.25) is 0 Å². The van der Waals surface area contributed by atoms with Crippen molar-refractivity contribution in [3.05, 3.63) is 0 Å². The third kappa shape index (κ3) is 3.21. The topological polar surface area (TPSA) is 21.3 Å². The van der Waals surface area contributed by atoms with E-state index in [1.54, 1.807) is 0 Å². The average molecular weight is 225 g/mol. The van der Waals surface area contributed by atoms with Crippen LogP contribution in [0.1, 0.15) is 58.8 Å². The molecule has 2 heteroatoms. The van der Waals surface area contributed by atoms with Crippen LogP contribution in [0, 0.1) is 5.92 Å². The lowest BCUT2D eigenvalue weighted by molar-refractivity contribution is -0.0624. The van der Waals surface area contributed by atoms with Gasteiger partial charge in [0, 0.05) is 6.54 Å². The highest BCUT2D eigenvalue weighted by atomic mass is 16.5. The summed E-state index contributed by atoms with van der Waals surface area (Å²) in [5, 5.41) is 3.52. The molecule has 1 spiro atoms. The number of rotatable bonds is 4. The summed E-state index contributed by atoms with van der Waals surface area (Å²) in [6.07, 6.45) is 9.87. The molecule has 1 atom stereocenters. The Balaban J connectivity index is 1.70. The highest BCUT2D eigenvalue weighted by Crippen LogP contribution is 2.41. The minimum Gasteiger partial charge on any atom is -0.370 e. The molecule has 0 aromatic heterocycles. The van der Waals surface area contributed by atoms with Crippen molar-refractivity contribution in [3.63, 3.8) is 0 Å². The van der Waals surface area contributed by atoms with Crippen LogP contribution in [0.25, 0.3) is 0 Å². The fraction of sp³-hybridized carbons (Fsp3) is 1.00. The van der Waals surface area contributed by atoms with E-state index in [0.717, 1.165) is 19.0 Å². The van der Waals surface area contributed by atoms with E-state index in [4.69, 9.17) is 4.74 Å². The minimum absolute atomic E-state index is 0.294. The maximum atomic E-state index is 6.31. The molecule has 2 nitrogen and oxygen atoms in total. The van der Waals surface area contributed by atoms with Gasteiger partial charge in [-0.05, 0) is 38.1 Å². The summed E-state index contributed by atoms with van der Waals surface area (Å²) < 4.78 is 6.31. The molecule has 1 heterocycles. The van der Waals surface area contributed by atoms with Gasteiger partial charge in [-0.2, -0.15) is 0 Å². The van der Waals surface area contributed by atoms with Gasteiger partial charge in [0.15, 0.2) is 0 Å². The summed E-state index contributed by atoms with van der Waals surface area (Å²) in [5.74, 6) is 0.741. The van der Waals surface area contributed by atoms with Gasteiger partial charge < -0.3 is 10.1 Å². The van der Waals surface area contributed by atoms with Crippen molar-refractivity contribution in [2.24, 2.45) is 5.92 Å². The normalized spacial score (nSPS) is 29.1. The summed E-state index contributed by atoms with van der Waals surface area (Å²) in [4.78, 5) is 0. The maximum absolute atomic E-state index is 6.31. The highest BCUT2D eigenvalue weighted by Gasteiger charge is 2.40. The zero-order valence-corrected chi connectivity index (χ0v) is 10.9. The van der Waals surface area contributed by atoms with Crippen LogP contribution in [0.4, 0.5) is 0 Å². The Morgan fingerprint density at radius 1 is 1.19 bits per heavy atom. The zero-order chi connectivity index (χ0) is 11.4. The Bertz CT molecular complexity index is 209. The van der Waals surface area contributed by atoms with Gasteiger partial charge in [-0.25, -0.2) is 0 Å². The molecule has 94 valence electrons. The van der Waals surface area contributed by atoms with Gasteiger partial charge in [0.1, 0.15) is 0 Å². The van der Waals surface area contributed by atoms with Gasteiger partial charge in [0.25, 0.3) is 0 Å². The highest BCUT2D eigenvalue weighted by molar-refractivity contribution is 4.91. The average Bonchev–Trinajstić information content (AvgIpc) is 2.62. The molecule has 2 fully saturated rings. The van der Waals surface area contributed by atoms with Gasteiger partial charge in [-0.1, -0.05) is 33.1 Å². The van der Waals surface area contributed by atoms with Crippen molar-refractivity contribution in [2.75, 3.05) is 13.1 Å². The Kier molecular flexibility index (Phi) is 4.26. The summed E-state index contributed by atoms with van der Waals surface area (Å²) in [6.45, 7) is 6.68. The fourth-order valence-corrected chi connectivity index (χ4v) is 3.14. The van der Waals surface area contributed by atoms with Crippen LogP contribution >= 0.6 is 0 Å². The molecular formula is C14H27NO. The molecule has 2 aliphatic rings. The van der Waals surface area contributed by atoms with Gasteiger partial charge >= 0.3 is 0 Å². The fourth-order valence-electron chi connectivity index (χ4n) is 3.14. The Morgan fingerprint density at radius 2 is 1.94 bits per heavy atom. The van der Waals surface area contributed by atoms with E-state index in [9.17, 15) is 0 Å². The first-order valence-corrected chi connectivity index (χ1v) is 7.09. The lowest BCUT2D eigenvalue weighted by atomic mass is 9.83. The second kappa shape index (κ2) is 5.50. The molecule has 16 heavy (non-hydrogen) atoms. The lowest BCUT2D eigenvalue weighted by Crippen LogP contribution is -2.35. The number of hydrogen-bond acceptors (Lipinski definition) is 2. The van der Waals surface area contributed by atoms with Crippen LogP contribution in [0.15, 0.2) is 0 Å². The maximum Gasteiger partial charge on any atom is 0.0708 e. The van der Waals surface area contributed by atoms with Gasteiger partial charge in [0.05, 0.1) is 11.7 Å². The molecule has 0 aromatic rings. The molecule has 1 saturated carbocycles. The van der Waals surface area contributed by atoms with Crippen LogP contribution < -0.4 is 5.32 Å². The van der Waals surface area contributed by atoms with Crippen LogP contribution in [0.2, 0.25) is 0 Å². The molecule has 1 saturated heterocycles. The van der Waals surface area contributed by atoms with E-state index >= 15 is 0 Å². The molecule has 0 radical (unpaired) electrons. The van der Waals surface area contributed by atoms with Crippen molar-refractivity contribution < 1.29 is 4.74 Å². The summed E-state index contributed by atoms with van der Waals surface area (Å²) in [7, 11) is 0. The molecule has 0 aromatic carbocycles. The zero-order valence-electron chi connectivity index (χ0n) is 10.9. The third-order valence-corrected chi connectivity index (χ3v) is 4.03. The summed E-state index contributed by atoms with van der Waals surface area (Å²) in [5.41, 5.74) is 0.294. The smallest absolute Gasteiger partial charge is 0.0708 e. The monoisotopic (exact) mass is 225 g/mol. The first kappa shape index (κ1) is 12.4. The molecular weight excluding hydrogens is 198 g/mol. The molecule has 1 N–H and O–H groups in total. The summed E-state index contributed by atoms with van der Waals surface area (Å²) >= 11 is 0. The Hall–Kier alpha value is -0.0800. The van der Waals surface area contributed by atoms with Crippen LogP contribution in [0.5, 0.6) is 0 Å². The van der Waals surface area contributed by atoms with Gasteiger partial charge in [-0.3, -0.25) is 0 Å². The van der Waals surface area contributed by atoms with E-state index < -0.39 is 0 Å². The first-order chi connectivity index (χ1) is 7.70. The van der Waals surface area contributed by atoms with E-state index in [1.807, 2.05) is 0 Å². The SMILES string of the molecule is CC(C)CNCC1CCC2(CCCCC2)O1. The molecule has 1 aliphatic carbocycles. The van der Waals surface area contributed by atoms with Crippen molar-refractivity contribution in [1.29, 1.82) is 0 Å². The van der Waals surface area contributed by atoms with Crippen LogP contribution in [0.3, 0.4) is 0 Å². The van der Waals surface area contributed by atoms with E-state index in [0.29, 0.717) is 11.7 Å². The van der Waals surface area contributed by atoms with Crippen molar-refractivity contribution >= 4 is 0 Å². The van der Waals surface area contributed by atoms with E-state index in [-0.39, 0.29) is 0 Å². The second-order valence-electron chi connectivity index (χ2n) is 6.07. The lowest BCUT2D eigenvalue weighted by Gasteiger charge is -2.33. The van der Waals surface area contributed by atoms with E-state index in [2.05, 4.69) is 19.2 Å². The third-order valence-electron chi connectivity index (χ3n) is 4.03. The minimum atomic E-state index is 0.294. The number of ether oxygens (including phenoxy) is 1. The standard InChI is InChI=1S/C14H27NO/c1-12(2)10-15-11-13-6-9-14(16-13)7-4-3-5-8-14/h12-13,15H,3-11H2,1-2H3. The quantitative estimate of drug-likeness (QED) is 0.794. The van der Waals surface area contributed by atoms with Crippen LogP contribution in [-0.4, -0.2) is 24.8 Å². The molecule has 2 rings (SSSR count). The largest absolute Gasteiger partial charge is 0.370 e. The Labute approximate surface area is 100 Å². The van der Waals surface area contributed by atoms with Gasteiger partial charge in [-0.15, -0.1) is 0 Å². The number of nitrogens with one attached hydrogen (secondary N) is 1. The molecule has 0 amide bonds. The predicted molar refractivity (Wildman–Crippen MR) is 67.6 cm³/mol. The number of hydrogen-bond donors (Lipinski definition) is 1. The second-order valence-corrected chi connectivity index (χ2v) is 6.07. The van der Waals surface area contributed by atoms with Crippen molar-refractivity contribution in [3.8, 4) is 0 Å². The van der Waals surface area contributed by atoms with Crippen molar-refractivity contribution in [1.82, 2.24) is 5.32 Å². The van der Waals surface area contributed by atoms with Crippen molar-refractivity contribution in [2.45, 2.75) is 70.5 Å². The molecule has 1 unspecified atom stereocenters. The van der Waals surface area contributed by atoms with E-state index in [1.165, 1.54) is 44.9 Å². The summed E-state index contributed by atoms with van der Waals surface area (Å²) in [6, 6.07) is 0. The van der Waals surface area contributed by atoms with Crippen LogP contribution in [-0.2, 0) is 4.74 Å². The predicted octanol–water partition coefficient (Wildman–Crippen LogP) is 3.11. The molecule has 0 bridgehead atoms. The first-order valence-electron chi connectivity index (χ1n) is 7.09. The molecule has 1 aliphatic heterocycles. The Morgan fingerprint density at radius 3 is 2.62 bits per heavy atom.